The number of carbonyl (C=O) groups excluding carboxylic acids is 1. The lowest BCUT2D eigenvalue weighted by atomic mass is 9.86. The zero-order chi connectivity index (χ0) is 12.7. The highest BCUT2D eigenvalue weighted by atomic mass is 31.2. The van der Waals surface area contributed by atoms with E-state index in [0.717, 1.165) is 0 Å². The van der Waals surface area contributed by atoms with Gasteiger partial charge in [-0.05, 0) is 0 Å². The fourth-order valence-corrected chi connectivity index (χ4v) is 1.86. The van der Waals surface area contributed by atoms with Crippen LogP contribution in [0, 0.1) is 0 Å². The molecule has 0 aromatic rings. The second-order valence-electron chi connectivity index (χ2n) is 3.34. The van der Waals surface area contributed by atoms with Gasteiger partial charge in [0, 0.05) is 0 Å². The lowest BCUT2D eigenvalue weighted by Crippen LogP contribution is -2.62. The Labute approximate surface area is 89.1 Å². The first kappa shape index (κ1) is 13.7. The third-order valence-corrected chi connectivity index (χ3v) is 2.66. The summed E-state index contributed by atoms with van der Waals surface area (Å²) in [7, 11) is -5.07. The lowest BCUT2D eigenvalue weighted by molar-refractivity contribution is -0.183. The van der Waals surface area contributed by atoms with E-state index in [9.17, 15) is 14.5 Å². The first-order valence-electron chi connectivity index (χ1n) is 4.15. The van der Waals surface area contributed by atoms with Crippen LogP contribution in [0.4, 0.5) is 0 Å². The molecule has 0 bridgehead atoms. The van der Waals surface area contributed by atoms with Crippen LogP contribution >= 0.6 is 7.82 Å². The SMILES string of the molecule is O=C1[C@@H](OP(=O)(O)O)[C@H](O)[C@@H](O)[C@H](O)[C@H]1O. The van der Waals surface area contributed by atoms with Crippen LogP contribution in [0.25, 0.3) is 0 Å². The van der Waals surface area contributed by atoms with Crippen molar-refractivity contribution in [3.05, 3.63) is 0 Å². The Kier molecular flexibility index (Phi) is 3.83. The Hall–Kier alpha value is -0.380. The van der Waals surface area contributed by atoms with Crippen LogP contribution in [0.2, 0.25) is 0 Å². The Morgan fingerprint density at radius 3 is 1.94 bits per heavy atom. The molecule has 0 radical (unpaired) electrons. The monoisotopic (exact) mass is 258 g/mol. The van der Waals surface area contributed by atoms with Crippen LogP contribution in [0.1, 0.15) is 0 Å². The van der Waals surface area contributed by atoms with E-state index in [1.165, 1.54) is 0 Å². The van der Waals surface area contributed by atoms with Gasteiger partial charge in [-0.15, -0.1) is 0 Å². The van der Waals surface area contributed by atoms with Gasteiger partial charge in [-0.25, -0.2) is 4.57 Å². The van der Waals surface area contributed by atoms with Gasteiger partial charge in [-0.3, -0.25) is 9.32 Å². The molecule has 94 valence electrons. The van der Waals surface area contributed by atoms with E-state index in [4.69, 9.17) is 25.1 Å². The zero-order valence-corrected chi connectivity index (χ0v) is 8.64. The fourth-order valence-electron chi connectivity index (χ4n) is 1.34. The molecule has 5 atom stereocenters. The van der Waals surface area contributed by atoms with Gasteiger partial charge in [0.15, 0.2) is 11.9 Å². The Morgan fingerprint density at radius 1 is 1.00 bits per heavy atom. The summed E-state index contributed by atoms with van der Waals surface area (Å²) in [5.41, 5.74) is 0. The van der Waals surface area contributed by atoms with E-state index in [-0.39, 0.29) is 0 Å². The molecule has 0 amide bonds. The summed E-state index contributed by atoms with van der Waals surface area (Å²) in [4.78, 5) is 28.1. The van der Waals surface area contributed by atoms with Crippen molar-refractivity contribution >= 4 is 13.6 Å². The van der Waals surface area contributed by atoms with Crippen molar-refractivity contribution in [2.75, 3.05) is 0 Å². The largest absolute Gasteiger partial charge is 0.470 e. The van der Waals surface area contributed by atoms with Crippen LogP contribution in [0.15, 0.2) is 0 Å². The summed E-state index contributed by atoms with van der Waals surface area (Å²) in [6.07, 6.45) is -10.1. The quantitative estimate of drug-likeness (QED) is 0.275. The van der Waals surface area contributed by atoms with E-state index in [0.29, 0.717) is 0 Å². The van der Waals surface area contributed by atoms with Gasteiger partial charge >= 0.3 is 7.82 Å². The minimum Gasteiger partial charge on any atom is -0.387 e. The summed E-state index contributed by atoms with van der Waals surface area (Å²) in [5, 5.41) is 36.6. The molecule has 1 aliphatic carbocycles. The molecule has 1 fully saturated rings. The number of carbonyl (C=O) groups is 1. The van der Waals surface area contributed by atoms with Crippen LogP contribution in [-0.4, -0.2) is 66.5 Å². The molecule has 10 heteroatoms. The van der Waals surface area contributed by atoms with Crippen molar-refractivity contribution in [1.29, 1.82) is 0 Å². The number of aliphatic hydroxyl groups excluding tert-OH is 4. The molecule has 0 aromatic carbocycles. The normalized spacial score (nSPS) is 41.1. The average molecular weight is 258 g/mol. The lowest BCUT2D eigenvalue weighted by Gasteiger charge is -2.36. The summed E-state index contributed by atoms with van der Waals surface area (Å²) >= 11 is 0. The highest BCUT2D eigenvalue weighted by Crippen LogP contribution is 2.40. The Morgan fingerprint density at radius 2 is 1.50 bits per heavy atom. The van der Waals surface area contributed by atoms with Crippen molar-refractivity contribution in [1.82, 2.24) is 0 Å². The second kappa shape index (κ2) is 4.47. The molecule has 6 N–H and O–H groups in total. The highest BCUT2D eigenvalue weighted by molar-refractivity contribution is 7.46. The Bertz CT molecular complexity index is 324. The van der Waals surface area contributed by atoms with Gasteiger partial charge < -0.3 is 30.2 Å². The van der Waals surface area contributed by atoms with Crippen molar-refractivity contribution in [3.8, 4) is 0 Å². The molecule has 1 rings (SSSR count). The first-order chi connectivity index (χ1) is 7.15. The molecular weight excluding hydrogens is 247 g/mol. The minimum atomic E-state index is -5.07. The topological polar surface area (TPSA) is 165 Å². The maximum absolute atomic E-state index is 11.2. The summed E-state index contributed by atoms with van der Waals surface area (Å²) < 4.78 is 14.4. The van der Waals surface area contributed by atoms with Crippen LogP contribution in [-0.2, 0) is 13.9 Å². The van der Waals surface area contributed by atoms with E-state index in [1.54, 1.807) is 0 Å². The molecule has 0 saturated heterocycles. The number of hydrogen-bond acceptors (Lipinski definition) is 7. The van der Waals surface area contributed by atoms with Crippen LogP contribution in [0.3, 0.4) is 0 Å². The van der Waals surface area contributed by atoms with Gasteiger partial charge in [0.05, 0.1) is 0 Å². The standard InChI is InChI=1S/C6H11O9P/c7-1-2(8)4(10)6(5(11)3(1)9)15-16(12,13)14/h1-4,6-10H,(H2,12,13,14)/t1-,2-,3+,4+,6-/m0/s1. The molecular formula is C6H11O9P. The molecule has 0 unspecified atom stereocenters. The number of Topliss-reactive ketones (excluding diaryl/α,β-unsaturated/α-hetero) is 1. The van der Waals surface area contributed by atoms with Crippen LogP contribution < -0.4 is 0 Å². The first-order valence-corrected chi connectivity index (χ1v) is 5.68. The number of hydrogen-bond donors (Lipinski definition) is 6. The van der Waals surface area contributed by atoms with E-state index >= 15 is 0 Å². The molecule has 0 aliphatic heterocycles. The Balaban J connectivity index is 2.91. The maximum Gasteiger partial charge on any atom is 0.470 e. The van der Waals surface area contributed by atoms with Crippen LogP contribution in [0.5, 0.6) is 0 Å². The van der Waals surface area contributed by atoms with E-state index in [1.807, 2.05) is 0 Å². The molecule has 0 heterocycles. The van der Waals surface area contributed by atoms with Crippen molar-refractivity contribution < 1.29 is 44.1 Å². The molecule has 0 spiro atoms. The number of rotatable bonds is 2. The number of phosphoric acid groups is 1. The predicted molar refractivity (Wildman–Crippen MR) is 46.0 cm³/mol. The van der Waals surface area contributed by atoms with Gasteiger partial charge in [-0.2, -0.15) is 0 Å². The van der Waals surface area contributed by atoms with Gasteiger partial charge in [0.25, 0.3) is 0 Å². The number of ketones is 1. The van der Waals surface area contributed by atoms with E-state index < -0.39 is 44.1 Å². The predicted octanol–water partition coefficient (Wildman–Crippen LogP) is -3.51. The smallest absolute Gasteiger partial charge is 0.387 e. The summed E-state index contributed by atoms with van der Waals surface area (Å²) in [5.74, 6) is -1.31. The van der Waals surface area contributed by atoms with Crippen molar-refractivity contribution in [3.63, 3.8) is 0 Å². The maximum atomic E-state index is 11.2. The van der Waals surface area contributed by atoms with Gasteiger partial charge in [0.1, 0.15) is 24.4 Å². The fraction of sp³-hybridized carbons (Fsp3) is 0.833. The van der Waals surface area contributed by atoms with E-state index in [2.05, 4.69) is 4.52 Å². The van der Waals surface area contributed by atoms with Crippen molar-refractivity contribution in [2.24, 2.45) is 0 Å². The average Bonchev–Trinajstić information content (AvgIpc) is 2.17. The highest BCUT2D eigenvalue weighted by Gasteiger charge is 2.50. The van der Waals surface area contributed by atoms with Gasteiger partial charge in [-0.1, -0.05) is 0 Å². The molecule has 1 aliphatic rings. The second-order valence-corrected chi connectivity index (χ2v) is 4.53. The summed E-state index contributed by atoms with van der Waals surface area (Å²) in [6.45, 7) is 0. The third-order valence-electron chi connectivity index (χ3n) is 2.16. The molecule has 0 aromatic heterocycles. The number of phosphoric ester groups is 1. The minimum absolute atomic E-state index is 1.31. The molecule has 1 saturated carbocycles. The van der Waals surface area contributed by atoms with Crippen molar-refractivity contribution in [2.45, 2.75) is 30.5 Å². The third kappa shape index (κ3) is 2.65. The summed E-state index contributed by atoms with van der Waals surface area (Å²) in [6, 6.07) is 0. The van der Waals surface area contributed by atoms with Gasteiger partial charge in [0.2, 0.25) is 0 Å². The number of aliphatic hydroxyl groups is 4. The molecule has 16 heavy (non-hydrogen) atoms. The molecule has 9 nitrogen and oxygen atoms in total. The zero-order valence-electron chi connectivity index (χ0n) is 7.74.